The fourth-order valence-corrected chi connectivity index (χ4v) is 3.32. The maximum Gasteiger partial charge on any atom is 0.354 e. The standard InChI is InChI=1S/C20H15ClN2O4/c1-26-19-8-13-7-17(12-5-6-27-11-12)23(18(13)9-15(19)21)10-14-3-2-4-16(22-14)20(24)25/h2-9,11H,10H2,1H3,(H,24,25). The van der Waals surface area contributed by atoms with E-state index >= 15 is 0 Å². The van der Waals surface area contributed by atoms with Gasteiger partial charge in [-0.2, -0.15) is 0 Å². The number of benzene rings is 1. The molecule has 1 aromatic carbocycles. The first-order valence-corrected chi connectivity index (χ1v) is 8.53. The molecule has 0 saturated carbocycles. The van der Waals surface area contributed by atoms with Gasteiger partial charge in [0.25, 0.3) is 0 Å². The van der Waals surface area contributed by atoms with Crippen molar-refractivity contribution in [2.24, 2.45) is 0 Å². The van der Waals surface area contributed by atoms with Crippen LogP contribution in [0.4, 0.5) is 0 Å². The number of fused-ring (bicyclic) bond motifs is 1. The normalized spacial score (nSPS) is 11.0. The van der Waals surface area contributed by atoms with Gasteiger partial charge in [-0.05, 0) is 36.4 Å². The molecule has 3 aromatic heterocycles. The van der Waals surface area contributed by atoms with Gasteiger partial charge in [0.15, 0.2) is 0 Å². The predicted molar refractivity (Wildman–Crippen MR) is 102 cm³/mol. The van der Waals surface area contributed by atoms with Gasteiger partial charge in [0, 0.05) is 10.9 Å². The van der Waals surface area contributed by atoms with Crippen LogP contribution in [0.5, 0.6) is 5.75 Å². The van der Waals surface area contributed by atoms with E-state index in [4.69, 9.17) is 20.8 Å². The molecule has 6 nitrogen and oxygen atoms in total. The summed E-state index contributed by atoms with van der Waals surface area (Å²) in [6, 6.07) is 12.5. The number of aromatic carboxylic acids is 1. The Morgan fingerprint density at radius 1 is 1.30 bits per heavy atom. The molecular formula is C20H15ClN2O4. The highest BCUT2D eigenvalue weighted by atomic mass is 35.5. The molecule has 27 heavy (non-hydrogen) atoms. The number of furan rings is 1. The zero-order valence-corrected chi connectivity index (χ0v) is 15.1. The lowest BCUT2D eigenvalue weighted by Gasteiger charge is -2.11. The summed E-state index contributed by atoms with van der Waals surface area (Å²) < 4.78 is 12.6. The largest absolute Gasteiger partial charge is 0.495 e. The summed E-state index contributed by atoms with van der Waals surface area (Å²) in [5, 5.41) is 10.6. The highest BCUT2D eigenvalue weighted by Crippen LogP contribution is 2.35. The van der Waals surface area contributed by atoms with Gasteiger partial charge in [0.1, 0.15) is 11.4 Å². The Morgan fingerprint density at radius 2 is 2.15 bits per heavy atom. The second-order valence-corrected chi connectivity index (χ2v) is 6.40. The van der Waals surface area contributed by atoms with E-state index in [-0.39, 0.29) is 5.69 Å². The van der Waals surface area contributed by atoms with Gasteiger partial charge in [0.2, 0.25) is 0 Å². The lowest BCUT2D eigenvalue weighted by molar-refractivity contribution is 0.0690. The summed E-state index contributed by atoms with van der Waals surface area (Å²) in [5.74, 6) is -0.469. The first-order valence-electron chi connectivity index (χ1n) is 8.15. The molecule has 0 radical (unpaired) electrons. The van der Waals surface area contributed by atoms with E-state index in [9.17, 15) is 9.90 Å². The molecule has 136 valence electrons. The van der Waals surface area contributed by atoms with E-state index in [1.165, 1.54) is 6.07 Å². The highest BCUT2D eigenvalue weighted by Gasteiger charge is 2.16. The van der Waals surface area contributed by atoms with Crippen molar-refractivity contribution < 1.29 is 19.1 Å². The van der Waals surface area contributed by atoms with Crippen molar-refractivity contribution in [1.82, 2.24) is 9.55 Å². The Balaban J connectivity index is 1.89. The Labute approximate surface area is 159 Å². The first-order chi connectivity index (χ1) is 13.1. The average molecular weight is 383 g/mol. The van der Waals surface area contributed by atoms with Gasteiger partial charge in [-0.25, -0.2) is 9.78 Å². The summed E-state index contributed by atoms with van der Waals surface area (Å²) >= 11 is 6.33. The van der Waals surface area contributed by atoms with E-state index in [2.05, 4.69) is 4.98 Å². The second kappa shape index (κ2) is 6.81. The maximum absolute atomic E-state index is 11.2. The van der Waals surface area contributed by atoms with Gasteiger partial charge < -0.3 is 18.8 Å². The van der Waals surface area contributed by atoms with Crippen molar-refractivity contribution in [3.63, 3.8) is 0 Å². The topological polar surface area (TPSA) is 77.5 Å². The van der Waals surface area contributed by atoms with Crippen molar-refractivity contribution in [3.05, 3.63) is 71.4 Å². The summed E-state index contributed by atoms with van der Waals surface area (Å²) in [4.78, 5) is 15.5. The van der Waals surface area contributed by atoms with E-state index < -0.39 is 5.97 Å². The number of nitrogens with zero attached hydrogens (tertiary/aromatic N) is 2. The number of hydrogen-bond acceptors (Lipinski definition) is 4. The fraction of sp³-hybridized carbons (Fsp3) is 0.100. The van der Waals surface area contributed by atoms with Crippen LogP contribution in [0, 0.1) is 0 Å². The summed E-state index contributed by atoms with van der Waals surface area (Å²) in [6.45, 7) is 0.383. The summed E-state index contributed by atoms with van der Waals surface area (Å²) in [6.07, 6.45) is 3.26. The number of aromatic nitrogens is 2. The van der Waals surface area contributed by atoms with Crippen LogP contribution < -0.4 is 4.74 Å². The number of pyridine rings is 1. The van der Waals surface area contributed by atoms with Crippen LogP contribution in [0.3, 0.4) is 0 Å². The lowest BCUT2D eigenvalue weighted by Crippen LogP contribution is -2.07. The van der Waals surface area contributed by atoms with Crippen molar-refractivity contribution in [2.75, 3.05) is 7.11 Å². The third kappa shape index (κ3) is 3.15. The molecule has 7 heteroatoms. The summed E-state index contributed by atoms with van der Waals surface area (Å²) in [5.41, 5.74) is 3.33. The molecule has 0 spiro atoms. The quantitative estimate of drug-likeness (QED) is 0.541. The Hall–Kier alpha value is -3.25. The molecule has 0 fully saturated rings. The number of halogens is 1. The number of ether oxygens (including phenoxy) is 1. The highest BCUT2D eigenvalue weighted by molar-refractivity contribution is 6.32. The maximum atomic E-state index is 11.2. The minimum Gasteiger partial charge on any atom is -0.495 e. The number of carbonyl (C=O) groups is 1. The first kappa shape index (κ1) is 17.2. The number of methoxy groups -OCH3 is 1. The molecule has 0 bridgehead atoms. The predicted octanol–water partition coefficient (Wildman–Crippen LogP) is 4.70. The molecule has 0 aliphatic rings. The Kier molecular flexibility index (Phi) is 4.33. The van der Waals surface area contributed by atoms with Gasteiger partial charge in [-0.3, -0.25) is 0 Å². The third-order valence-corrected chi connectivity index (χ3v) is 4.63. The van der Waals surface area contributed by atoms with Gasteiger partial charge in [-0.15, -0.1) is 0 Å². The molecule has 4 aromatic rings. The molecule has 3 heterocycles. The zero-order chi connectivity index (χ0) is 19.0. The van der Waals surface area contributed by atoms with Crippen LogP contribution in [0.25, 0.3) is 22.2 Å². The Morgan fingerprint density at radius 3 is 2.85 bits per heavy atom. The van der Waals surface area contributed by atoms with E-state index in [1.807, 2.05) is 28.8 Å². The van der Waals surface area contributed by atoms with Crippen molar-refractivity contribution in [2.45, 2.75) is 6.54 Å². The third-order valence-electron chi connectivity index (χ3n) is 4.34. The van der Waals surface area contributed by atoms with Crippen molar-refractivity contribution >= 4 is 28.5 Å². The van der Waals surface area contributed by atoms with Crippen LogP contribution in [-0.2, 0) is 6.54 Å². The number of carboxylic acids is 1. The fourth-order valence-electron chi connectivity index (χ4n) is 3.09. The minimum atomic E-state index is -1.06. The zero-order valence-electron chi connectivity index (χ0n) is 14.3. The van der Waals surface area contributed by atoms with Crippen LogP contribution in [0.15, 0.2) is 59.4 Å². The molecule has 0 atom stereocenters. The van der Waals surface area contributed by atoms with E-state index in [0.717, 1.165) is 22.2 Å². The van der Waals surface area contributed by atoms with Crippen molar-refractivity contribution in [1.29, 1.82) is 0 Å². The lowest BCUT2D eigenvalue weighted by atomic mass is 10.2. The smallest absolute Gasteiger partial charge is 0.354 e. The number of rotatable bonds is 5. The van der Waals surface area contributed by atoms with Crippen LogP contribution in [0.1, 0.15) is 16.2 Å². The molecular weight excluding hydrogens is 368 g/mol. The second-order valence-electron chi connectivity index (χ2n) is 5.99. The van der Waals surface area contributed by atoms with Crippen LogP contribution >= 0.6 is 11.6 Å². The molecule has 0 unspecified atom stereocenters. The Bertz CT molecular complexity index is 1130. The van der Waals surface area contributed by atoms with E-state index in [1.54, 1.807) is 31.8 Å². The minimum absolute atomic E-state index is 0.00789. The summed E-state index contributed by atoms with van der Waals surface area (Å²) in [7, 11) is 1.57. The molecule has 0 aliphatic heterocycles. The average Bonchev–Trinajstić information content (AvgIpc) is 3.30. The number of carboxylic acid groups (broad SMARTS) is 1. The SMILES string of the molecule is COc1cc2cc(-c3ccoc3)n(Cc3cccc(C(=O)O)n3)c2cc1Cl. The van der Waals surface area contributed by atoms with Crippen LogP contribution in [-0.4, -0.2) is 27.7 Å². The molecule has 0 saturated heterocycles. The molecule has 0 amide bonds. The van der Waals surface area contributed by atoms with E-state index in [0.29, 0.717) is 23.0 Å². The van der Waals surface area contributed by atoms with Gasteiger partial charge >= 0.3 is 5.97 Å². The van der Waals surface area contributed by atoms with Crippen molar-refractivity contribution in [3.8, 4) is 17.0 Å². The van der Waals surface area contributed by atoms with Gasteiger partial charge in [0.05, 0.1) is 48.1 Å². The van der Waals surface area contributed by atoms with Gasteiger partial charge in [-0.1, -0.05) is 17.7 Å². The number of hydrogen-bond donors (Lipinski definition) is 1. The molecule has 4 rings (SSSR count). The molecule has 1 N–H and O–H groups in total. The van der Waals surface area contributed by atoms with Crippen LogP contribution in [0.2, 0.25) is 5.02 Å². The molecule has 0 aliphatic carbocycles. The monoisotopic (exact) mass is 382 g/mol.